The van der Waals surface area contributed by atoms with Crippen LogP contribution < -0.4 is 19.9 Å². The van der Waals surface area contributed by atoms with Crippen LogP contribution in [0, 0.1) is 5.92 Å². The Morgan fingerprint density at radius 2 is 2.25 bits per heavy atom. The summed E-state index contributed by atoms with van der Waals surface area (Å²) in [6.07, 6.45) is -0.402. The zero-order valence-electron chi connectivity index (χ0n) is 11.1. The van der Waals surface area contributed by atoms with E-state index in [1.165, 1.54) is 0 Å². The number of ether oxygens (including phenoxy) is 3. The van der Waals surface area contributed by atoms with Gasteiger partial charge in [-0.25, -0.2) is 0 Å². The minimum atomic E-state index is -0.576. The largest absolute Gasteiger partial charge is 0.493 e. The van der Waals surface area contributed by atoms with Gasteiger partial charge in [-0.2, -0.15) is 0 Å². The molecule has 7 heteroatoms. The summed E-state index contributed by atoms with van der Waals surface area (Å²) in [4.78, 5) is 16.6. The fraction of sp³-hybridized carbons (Fsp3) is 0.385. The lowest BCUT2D eigenvalue weighted by molar-refractivity contribution is -0.112. The second-order valence-electron chi connectivity index (χ2n) is 4.61. The van der Waals surface area contributed by atoms with Crippen LogP contribution in [-0.4, -0.2) is 25.5 Å². The van der Waals surface area contributed by atoms with E-state index in [1.807, 2.05) is 6.92 Å². The van der Waals surface area contributed by atoms with Gasteiger partial charge in [-0.1, -0.05) is 12.1 Å². The van der Waals surface area contributed by atoms with Gasteiger partial charge in [0.2, 0.25) is 12.5 Å². The van der Waals surface area contributed by atoms with E-state index in [0.717, 1.165) is 5.56 Å². The number of rotatable bonds is 3. The maximum atomic E-state index is 11.2. The van der Waals surface area contributed by atoms with E-state index in [1.54, 1.807) is 19.2 Å². The number of oxime groups is 1. The molecule has 106 valence electrons. The Labute approximate surface area is 115 Å². The topological polar surface area (TPSA) is 92.4 Å². The fourth-order valence-electron chi connectivity index (χ4n) is 2.36. The Kier molecular flexibility index (Phi) is 2.89. The van der Waals surface area contributed by atoms with Gasteiger partial charge in [-0.05, 0) is 12.1 Å². The maximum absolute atomic E-state index is 11.2. The summed E-state index contributed by atoms with van der Waals surface area (Å²) in [6.45, 7) is 1.98. The van der Waals surface area contributed by atoms with Crippen molar-refractivity contribution in [2.24, 2.45) is 16.8 Å². The second-order valence-corrected chi connectivity index (χ2v) is 4.61. The van der Waals surface area contributed by atoms with E-state index >= 15 is 0 Å². The molecule has 0 saturated carbocycles. The van der Waals surface area contributed by atoms with Gasteiger partial charge >= 0.3 is 0 Å². The van der Waals surface area contributed by atoms with E-state index in [2.05, 4.69) is 5.16 Å². The number of amides is 1. The average Bonchev–Trinajstić information content (AvgIpc) is 3.03. The first-order chi connectivity index (χ1) is 9.61. The van der Waals surface area contributed by atoms with Gasteiger partial charge in [0.25, 0.3) is 5.91 Å². The number of nitrogens with zero attached hydrogens (tertiary/aromatic N) is 1. The van der Waals surface area contributed by atoms with Crippen molar-refractivity contribution in [3.8, 4) is 17.2 Å². The molecule has 20 heavy (non-hydrogen) atoms. The van der Waals surface area contributed by atoms with Gasteiger partial charge in [0.15, 0.2) is 23.3 Å². The van der Waals surface area contributed by atoms with Crippen molar-refractivity contribution in [3.05, 3.63) is 17.7 Å². The molecular weight excluding hydrogens is 264 g/mol. The molecule has 0 fully saturated rings. The van der Waals surface area contributed by atoms with E-state index < -0.39 is 12.0 Å². The summed E-state index contributed by atoms with van der Waals surface area (Å²) < 4.78 is 16.0. The van der Waals surface area contributed by atoms with Gasteiger partial charge < -0.3 is 24.8 Å². The molecule has 0 aromatic heterocycles. The van der Waals surface area contributed by atoms with E-state index in [9.17, 15) is 4.79 Å². The number of carbonyl (C=O) groups is 1. The van der Waals surface area contributed by atoms with Crippen LogP contribution in [0.4, 0.5) is 0 Å². The van der Waals surface area contributed by atoms with Gasteiger partial charge in [-0.3, -0.25) is 4.79 Å². The van der Waals surface area contributed by atoms with Crippen molar-refractivity contribution in [1.82, 2.24) is 0 Å². The average molecular weight is 278 g/mol. The lowest BCUT2D eigenvalue weighted by Crippen LogP contribution is -2.28. The normalized spacial score (nSPS) is 23.2. The van der Waals surface area contributed by atoms with Crippen LogP contribution >= 0.6 is 0 Å². The summed E-state index contributed by atoms with van der Waals surface area (Å²) in [5.41, 5.74) is 6.27. The summed E-state index contributed by atoms with van der Waals surface area (Å²) in [5, 5.41) is 3.75. The number of nitrogens with two attached hydrogens (primary N) is 1. The SMILES string of the molecule is COc1cc([C@@H]2ON=C(C(N)=O)[C@@H]2C)cc2c1OCO2. The van der Waals surface area contributed by atoms with Crippen molar-refractivity contribution < 1.29 is 23.8 Å². The number of benzene rings is 1. The molecule has 0 bridgehead atoms. The Hall–Kier alpha value is -2.44. The summed E-state index contributed by atoms with van der Waals surface area (Å²) in [6, 6.07) is 3.58. The highest BCUT2D eigenvalue weighted by Crippen LogP contribution is 2.45. The van der Waals surface area contributed by atoms with Gasteiger partial charge in [0.05, 0.1) is 13.0 Å². The van der Waals surface area contributed by atoms with Crippen LogP contribution in [0.25, 0.3) is 0 Å². The molecule has 1 amide bonds. The predicted octanol–water partition coefficient (Wildman–Crippen LogP) is 0.973. The Bertz CT molecular complexity index is 599. The fourth-order valence-corrected chi connectivity index (χ4v) is 2.36. The highest BCUT2D eigenvalue weighted by molar-refractivity contribution is 6.39. The number of carbonyl (C=O) groups excluding carboxylic acids is 1. The van der Waals surface area contributed by atoms with Crippen molar-refractivity contribution in [2.45, 2.75) is 13.0 Å². The third-order valence-electron chi connectivity index (χ3n) is 3.41. The van der Waals surface area contributed by atoms with Crippen molar-refractivity contribution in [3.63, 3.8) is 0 Å². The molecule has 7 nitrogen and oxygen atoms in total. The van der Waals surface area contributed by atoms with Crippen molar-refractivity contribution in [1.29, 1.82) is 0 Å². The third kappa shape index (κ3) is 1.82. The number of hydrogen-bond donors (Lipinski definition) is 1. The summed E-state index contributed by atoms with van der Waals surface area (Å²) >= 11 is 0. The van der Waals surface area contributed by atoms with Crippen LogP contribution in [0.1, 0.15) is 18.6 Å². The molecular formula is C13H14N2O5. The number of fused-ring (bicyclic) bond motifs is 1. The molecule has 2 heterocycles. The Morgan fingerprint density at radius 3 is 2.90 bits per heavy atom. The molecule has 0 spiro atoms. The van der Waals surface area contributed by atoms with E-state index in [-0.39, 0.29) is 18.4 Å². The van der Waals surface area contributed by atoms with Crippen LogP contribution in [-0.2, 0) is 9.63 Å². The van der Waals surface area contributed by atoms with Crippen LogP contribution in [0.3, 0.4) is 0 Å². The first kappa shape index (κ1) is 12.6. The molecule has 1 aromatic carbocycles. The minimum Gasteiger partial charge on any atom is -0.493 e. The number of primary amides is 1. The molecule has 2 aliphatic rings. The minimum absolute atomic E-state index is 0.152. The molecule has 0 aliphatic carbocycles. The zero-order valence-corrected chi connectivity index (χ0v) is 11.1. The highest BCUT2D eigenvalue weighted by atomic mass is 16.7. The monoisotopic (exact) mass is 278 g/mol. The predicted molar refractivity (Wildman–Crippen MR) is 68.7 cm³/mol. The Balaban J connectivity index is 1.95. The lowest BCUT2D eigenvalue weighted by atomic mass is 9.93. The van der Waals surface area contributed by atoms with Gasteiger partial charge in [0.1, 0.15) is 0 Å². The van der Waals surface area contributed by atoms with Crippen LogP contribution in [0.15, 0.2) is 17.3 Å². The molecule has 2 N–H and O–H groups in total. The number of methoxy groups -OCH3 is 1. The van der Waals surface area contributed by atoms with Gasteiger partial charge in [0, 0.05) is 5.56 Å². The van der Waals surface area contributed by atoms with Crippen LogP contribution in [0.5, 0.6) is 17.2 Å². The molecule has 0 saturated heterocycles. The third-order valence-corrected chi connectivity index (χ3v) is 3.41. The highest BCUT2D eigenvalue weighted by Gasteiger charge is 2.36. The molecule has 2 aliphatic heterocycles. The zero-order chi connectivity index (χ0) is 14.3. The molecule has 1 aromatic rings. The van der Waals surface area contributed by atoms with Crippen LogP contribution in [0.2, 0.25) is 0 Å². The molecule has 0 radical (unpaired) electrons. The maximum Gasteiger partial charge on any atom is 0.266 e. The Morgan fingerprint density at radius 1 is 1.45 bits per heavy atom. The second kappa shape index (κ2) is 4.59. The first-order valence-corrected chi connectivity index (χ1v) is 6.13. The van der Waals surface area contributed by atoms with E-state index in [0.29, 0.717) is 17.2 Å². The van der Waals surface area contributed by atoms with Gasteiger partial charge in [-0.15, -0.1) is 0 Å². The summed E-state index contributed by atoms with van der Waals surface area (Å²) in [5.74, 6) is 0.893. The first-order valence-electron chi connectivity index (χ1n) is 6.13. The van der Waals surface area contributed by atoms with Crippen molar-refractivity contribution >= 4 is 11.6 Å². The van der Waals surface area contributed by atoms with Crippen molar-refractivity contribution in [2.75, 3.05) is 13.9 Å². The van der Waals surface area contributed by atoms with E-state index in [4.69, 9.17) is 24.8 Å². The lowest BCUT2D eigenvalue weighted by Gasteiger charge is -2.16. The number of hydrogen-bond acceptors (Lipinski definition) is 6. The molecule has 2 atom stereocenters. The quantitative estimate of drug-likeness (QED) is 0.889. The standard InChI is InChI=1S/C13H14N2O5/c1-6-10(13(14)16)15-20-11(6)7-3-8(17-2)12-9(4-7)18-5-19-12/h3-4,6,11H,5H2,1-2H3,(H2,14,16)/t6-,11+/m0/s1. The smallest absolute Gasteiger partial charge is 0.266 e. The molecule has 0 unspecified atom stereocenters. The molecule has 3 rings (SSSR count). The summed E-state index contributed by atoms with van der Waals surface area (Å²) in [7, 11) is 1.55.